The van der Waals surface area contributed by atoms with Crippen LogP contribution in [0.5, 0.6) is 0 Å². The van der Waals surface area contributed by atoms with Gasteiger partial charge in [-0.3, -0.25) is 4.98 Å². The fourth-order valence-corrected chi connectivity index (χ4v) is 1.89. The van der Waals surface area contributed by atoms with Gasteiger partial charge in [0.2, 0.25) is 0 Å². The Morgan fingerprint density at radius 1 is 0.882 bits per heavy atom. The Bertz CT molecular complexity index is 663. The average Bonchev–Trinajstić information content (AvgIpc) is 2.40. The molecule has 1 aromatic carbocycles. The summed E-state index contributed by atoms with van der Waals surface area (Å²) < 4.78 is 0. The molecule has 0 unspecified atom stereocenters. The van der Waals surface area contributed by atoms with E-state index >= 15 is 0 Å². The number of pyridine rings is 2. The maximum absolute atomic E-state index is 5.82. The molecule has 3 aromatic rings. The Hall–Kier alpha value is -2.42. The number of nitrogen functional groups attached to an aromatic ring is 1. The monoisotopic (exact) mass is 221 g/mol. The summed E-state index contributed by atoms with van der Waals surface area (Å²) in [6, 6.07) is 13.9. The van der Waals surface area contributed by atoms with Crippen molar-refractivity contribution in [2.45, 2.75) is 0 Å². The molecule has 3 nitrogen and oxygen atoms in total. The van der Waals surface area contributed by atoms with Gasteiger partial charge in [-0.25, -0.2) is 4.98 Å². The van der Waals surface area contributed by atoms with Gasteiger partial charge < -0.3 is 5.73 Å². The van der Waals surface area contributed by atoms with Gasteiger partial charge in [0.25, 0.3) is 0 Å². The molecule has 82 valence electrons. The van der Waals surface area contributed by atoms with Crippen LogP contribution in [0.4, 0.5) is 5.82 Å². The molecular formula is C14H11N3. The lowest BCUT2D eigenvalue weighted by molar-refractivity contribution is 1.33. The van der Waals surface area contributed by atoms with E-state index in [2.05, 4.69) is 16.0 Å². The molecule has 3 rings (SSSR count). The summed E-state index contributed by atoms with van der Waals surface area (Å²) in [6.07, 6.45) is 3.51. The molecule has 0 aliphatic heterocycles. The normalized spacial score (nSPS) is 10.6. The molecule has 0 aliphatic carbocycles. The second-order valence-electron chi connectivity index (χ2n) is 3.85. The van der Waals surface area contributed by atoms with Crippen molar-refractivity contribution in [1.82, 2.24) is 9.97 Å². The largest absolute Gasteiger partial charge is 0.383 e. The Balaban J connectivity index is 2.21. The molecule has 0 bridgehead atoms. The lowest BCUT2D eigenvalue weighted by Crippen LogP contribution is -1.91. The maximum atomic E-state index is 5.82. The molecule has 0 fully saturated rings. The summed E-state index contributed by atoms with van der Waals surface area (Å²) in [6.45, 7) is 0. The number of benzene rings is 1. The van der Waals surface area contributed by atoms with Crippen LogP contribution in [0.3, 0.4) is 0 Å². The van der Waals surface area contributed by atoms with E-state index in [9.17, 15) is 0 Å². The number of nitrogens with zero attached hydrogens (tertiary/aromatic N) is 2. The number of aromatic nitrogens is 2. The lowest BCUT2D eigenvalue weighted by atomic mass is 10.1. The van der Waals surface area contributed by atoms with Crippen LogP contribution in [0.25, 0.3) is 22.0 Å². The Morgan fingerprint density at radius 2 is 1.82 bits per heavy atom. The van der Waals surface area contributed by atoms with Crippen LogP contribution >= 0.6 is 0 Å². The maximum Gasteiger partial charge on any atom is 0.131 e. The molecular weight excluding hydrogens is 210 g/mol. The second-order valence-corrected chi connectivity index (χ2v) is 3.85. The van der Waals surface area contributed by atoms with E-state index in [4.69, 9.17) is 5.73 Å². The zero-order valence-corrected chi connectivity index (χ0v) is 9.17. The van der Waals surface area contributed by atoms with Crippen LogP contribution in [0.15, 0.2) is 54.9 Å². The third-order valence-electron chi connectivity index (χ3n) is 2.76. The molecule has 0 spiro atoms. The quantitative estimate of drug-likeness (QED) is 0.687. The highest BCUT2D eigenvalue weighted by Crippen LogP contribution is 2.24. The molecule has 17 heavy (non-hydrogen) atoms. The number of hydrogen-bond acceptors (Lipinski definition) is 3. The minimum Gasteiger partial charge on any atom is -0.383 e. The van der Waals surface area contributed by atoms with Crippen molar-refractivity contribution < 1.29 is 0 Å². The number of hydrogen-bond donors (Lipinski definition) is 1. The van der Waals surface area contributed by atoms with Crippen LogP contribution in [-0.4, -0.2) is 9.97 Å². The SMILES string of the molecule is Nc1nccc2cc(-c3ccccn3)ccc12. The van der Waals surface area contributed by atoms with Crippen LogP contribution < -0.4 is 5.73 Å². The first kappa shape index (κ1) is 9.78. The van der Waals surface area contributed by atoms with Crippen molar-refractivity contribution in [3.8, 4) is 11.3 Å². The van der Waals surface area contributed by atoms with Crippen molar-refractivity contribution in [2.24, 2.45) is 0 Å². The van der Waals surface area contributed by atoms with E-state index in [0.717, 1.165) is 22.0 Å². The van der Waals surface area contributed by atoms with Crippen molar-refractivity contribution in [1.29, 1.82) is 0 Å². The van der Waals surface area contributed by atoms with Crippen LogP contribution in [0.2, 0.25) is 0 Å². The zero-order valence-electron chi connectivity index (χ0n) is 9.17. The summed E-state index contributed by atoms with van der Waals surface area (Å²) >= 11 is 0. The van der Waals surface area contributed by atoms with E-state index < -0.39 is 0 Å². The first-order valence-electron chi connectivity index (χ1n) is 5.40. The number of nitrogens with two attached hydrogens (primary N) is 1. The predicted octanol–water partition coefficient (Wildman–Crippen LogP) is 2.88. The van der Waals surface area contributed by atoms with E-state index in [0.29, 0.717) is 5.82 Å². The fourth-order valence-electron chi connectivity index (χ4n) is 1.89. The van der Waals surface area contributed by atoms with E-state index in [1.54, 1.807) is 12.4 Å². The van der Waals surface area contributed by atoms with Gasteiger partial charge in [0.05, 0.1) is 5.69 Å². The van der Waals surface area contributed by atoms with Crippen molar-refractivity contribution in [3.05, 3.63) is 54.9 Å². The molecule has 0 amide bonds. The highest BCUT2D eigenvalue weighted by Gasteiger charge is 2.02. The summed E-state index contributed by atoms with van der Waals surface area (Å²) in [5, 5.41) is 2.06. The van der Waals surface area contributed by atoms with Gasteiger partial charge in [0, 0.05) is 23.3 Å². The summed E-state index contributed by atoms with van der Waals surface area (Å²) in [4.78, 5) is 8.40. The zero-order chi connectivity index (χ0) is 11.7. The van der Waals surface area contributed by atoms with Crippen LogP contribution in [-0.2, 0) is 0 Å². The highest BCUT2D eigenvalue weighted by atomic mass is 14.8. The van der Waals surface area contributed by atoms with Crippen molar-refractivity contribution >= 4 is 16.6 Å². The topological polar surface area (TPSA) is 51.8 Å². The average molecular weight is 221 g/mol. The third kappa shape index (κ3) is 1.72. The minimum atomic E-state index is 0.565. The summed E-state index contributed by atoms with van der Waals surface area (Å²) in [5.74, 6) is 0.565. The van der Waals surface area contributed by atoms with Crippen molar-refractivity contribution in [3.63, 3.8) is 0 Å². The van der Waals surface area contributed by atoms with E-state index in [1.165, 1.54) is 0 Å². The van der Waals surface area contributed by atoms with Gasteiger partial charge in [-0.05, 0) is 29.7 Å². The molecule has 0 atom stereocenters. The summed E-state index contributed by atoms with van der Waals surface area (Å²) in [5.41, 5.74) is 7.87. The van der Waals surface area contributed by atoms with Crippen molar-refractivity contribution in [2.75, 3.05) is 5.73 Å². The third-order valence-corrected chi connectivity index (χ3v) is 2.76. The Morgan fingerprint density at radius 3 is 2.65 bits per heavy atom. The second kappa shape index (κ2) is 3.87. The molecule has 0 radical (unpaired) electrons. The van der Waals surface area contributed by atoms with Gasteiger partial charge in [0.1, 0.15) is 5.82 Å². The predicted molar refractivity (Wildman–Crippen MR) is 69.4 cm³/mol. The molecule has 2 aromatic heterocycles. The first-order chi connectivity index (χ1) is 8.34. The fraction of sp³-hybridized carbons (Fsp3) is 0. The van der Waals surface area contributed by atoms with E-state index in [-0.39, 0.29) is 0 Å². The van der Waals surface area contributed by atoms with Gasteiger partial charge >= 0.3 is 0 Å². The Labute approximate surface area is 98.9 Å². The smallest absolute Gasteiger partial charge is 0.131 e. The number of rotatable bonds is 1. The van der Waals surface area contributed by atoms with Gasteiger partial charge in [-0.1, -0.05) is 18.2 Å². The number of anilines is 1. The highest BCUT2D eigenvalue weighted by molar-refractivity contribution is 5.93. The van der Waals surface area contributed by atoms with Crippen LogP contribution in [0, 0.1) is 0 Å². The minimum absolute atomic E-state index is 0.565. The molecule has 3 heteroatoms. The standard InChI is InChI=1S/C14H11N3/c15-14-12-5-4-11(9-10(12)6-8-17-14)13-3-1-2-7-16-13/h1-9H,(H2,15,17). The molecule has 0 aliphatic rings. The lowest BCUT2D eigenvalue weighted by Gasteiger charge is -2.04. The molecule has 0 saturated carbocycles. The molecule has 2 heterocycles. The van der Waals surface area contributed by atoms with E-state index in [1.807, 2.05) is 36.4 Å². The summed E-state index contributed by atoms with van der Waals surface area (Å²) in [7, 11) is 0. The Kier molecular flexibility index (Phi) is 2.22. The number of fused-ring (bicyclic) bond motifs is 1. The van der Waals surface area contributed by atoms with Gasteiger partial charge in [0.15, 0.2) is 0 Å². The first-order valence-corrected chi connectivity index (χ1v) is 5.40. The molecule has 2 N–H and O–H groups in total. The van der Waals surface area contributed by atoms with Crippen LogP contribution in [0.1, 0.15) is 0 Å². The van der Waals surface area contributed by atoms with Gasteiger partial charge in [-0.2, -0.15) is 0 Å². The molecule has 0 saturated heterocycles. The van der Waals surface area contributed by atoms with Gasteiger partial charge in [-0.15, -0.1) is 0 Å².